The zero-order valence-corrected chi connectivity index (χ0v) is 12.1. The number of carbonyl (C=O) groups is 1. The van der Waals surface area contributed by atoms with Gasteiger partial charge in [-0.3, -0.25) is 9.48 Å². The Morgan fingerprint density at radius 3 is 2.84 bits per heavy atom. The van der Waals surface area contributed by atoms with Gasteiger partial charge in [0.25, 0.3) is 5.91 Å². The van der Waals surface area contributed by atoms with Gasteiger partial charge in [-0.25, -0.2) is 0 Å². The third kappa shape index (κ3) is 5.00. The van der Waals surface area contributed by atoms with Crippen molar-refractivity contribution in [2.45, 2.75) is 26.3 Å². The van der Waals surface area contributed by atoms with Crippen LogP contribution in [0.2, 0.25) is 0 Å². The van der Waals surface area contributed by atoms with Gasteiger partial charge in [0.1, 0.15) is 0 Å². The van der Waals surface area contributed by atoms with Gasteiger partial charge in [0.05, 0.1) is 11.8 Å². The molecule has 0 radical (unpaired) electrons. The average molecular weight is 267 g/mol. The van der Waals surface area contributed by atoms with Crippen LogP contribution in [-0.4, -0.2) is 54.3 Å². The highest BCUT2D eigenvalue weighted by atomic mass is 16.1. The summed E-state index contributed by atoms with van der Waals surface area (Å²) in [5.74, 6) is -0.0461. The molecule has 0 aliphatic carbocycles. The van der Waals surface area contributed by atoms with E-state index in [0.29, 0.717) is 18.7 Å². The topological polar surface area (TPSA) is 76.2 Å². The summed E-state index contributed by atoms with van der Waals surface area (Å²) < 4.78 is 1.83. The molecular weight excluding hydrogens is 242 g/mol. The van der Waals surface area contributed by atoms with Gasteiger partial charge >= 0.3 is 0 Å². The van der Waals surface area contributed by atoms with Gasteiger partial charge in [-0.1, -0.05) is 0 Å². The van der Waals surface area contributed by atoms with Crippen LogP contribution in [0.5, 0.6) is 0 Å². The lowest BCUT2D eigenvalue weighted by atomic mass is 10.2. The minimum absolute atomic E-state index is 0.0461. The molecule has 0 aromatic carbocycles. The van der Waals surface area contributed by atoms with E-state index in [4.69, 9.17) is 5.73 Å². The van der Waals surface area contributed by atoms with Crippen molar-refractivity contribution in [3.8, 4) is 0 Å². The predicted octanol–water partition coefficient (Wildman–Crippen LogP) is 0.222. The lowest BCUT2D eigenvalue weighted by Crippen LogP contribution is -2.27. The molecule has 19 heavy (non-hydrogen) atoms. The summed E-state index contributed by atoms with van der Waals surface area (Å²) in [4.78, 5) is 14.1. The molecular formula is C13H25N5O. The summed E-state index contributed by atoms with van der Waals surface area (Å²) in [6, 6.07) is 0. The second-order valence-corrected chi connectivity index (χ2v) is 4.92. The first kappa shape index (κ1) is 15.7. The second kappa shape index (κ2) is 7.91. The molecule has 6 heteroatoms. The van der Waals surface area contributed by atoms with E-state index in [1.807, 2.05) is 25.7 Å². The maximum absolute atomic E-state index is 12.0. The highest BCUT2D eigenvalue weighted by Gasteiger charge is 2.13. The third-order valence-electron chi connectivity index (χ3n) is 2.99. The molecule has 0 fully saturated rings. The van der Waals surface area contributed by atoms with E-state index in [1.54, 1.807) is 6.20 Å². The highest BCUT2D eigenvalue weighted by molar-refractivity contribution is 5.94. The van der Waals surface area contributed by atoms with Crippen molar-refractivity contribution in [1.82, 2.24) is 20.0 Å². The van der Waals surface area contributed by atoms with Crippen molar-refractivity contribution in [2.24, 2.45) is 5.73 Å². The van der Waals surface area contributed by atoms with E-state index < -0.39 is 0 Å². The first-order chi connectivity index (χ1) is 9.06. The van der Waals surface area contributed by atoms with Crippen molar-refractivity contribution < 1.29 is 4.79 Å². The molecule has 1 amide bonds. The number of carbonyl (C=O) groups excluding carboxylic acids is 1. The lowest BCUT2D eigenvalue weighted by Gasteiger charge is -2.10. The molecule has 0 spiro atoms. The molecule has 1 rings (SSSR count). The first-order valence-corrected chi connectivity index (χ1v) is 6.71. The van der Waals surface area contributed by atoms with Crippen molar-refractivity contribution in [3.05, 3.63) is 17.5 Å². The number of rotatable bonds is 8. The van der Waals surface area contributed by atoms with E-state index in [0.717, 1.165) is 31.6 Å². The standard InChI is InChI=1S/C13H25N5O/c1-11-12(10-16-18(11)9-4-6-14)13(19)15-7-5-8-17(2)3/h10H,4-9,14H2,1-3H3,(H,15,19). The summed E-state index contributed by atoms with van der Waals surface area (Å²) >= 11 is 0. The van der Waals surface area contributed by atoms with Crippen LogP contribution in [0.25, 0.3) is 0 Å². The van der Waals surface area contributed by atoms with E-state index in [1.165, 1.54) is 0 Å². The number of nitrogens with zero attached hydrogens (tertiary/aromatic N) is 3. The van der Waals surface area contributed by atoms with Crippen LogP contribution in [0, 0.1) is 6.92 Å². The zero-order chi connectivity index (χ0) is 14.3. The van der Waals surface area contributed by atoms with Crippen LogP contribution >= 0.6 is 0 Å². The number of hydrogen-bond donors (Lipinski definition) is 2. The molecule has 0 unspecified atom stereocenters. The number of hydrogen-bond acceptors (Lipinski definition) is 4. The monoisotopic (exact) mass is 267 g/mol. The molecule has 3 N–H and O–H groups in total. The van der Waals surface area contributed by atoms with Crippen LogP contribution < -0.4 is 11.1 Å². The van der Waals surface area contributed by atoms with Crippen molar-refractivity contribution >= 4 is 5.91 Å². The number of nitrogens with two attached hydrogens (primary N) is 1. The summed E-state index contributed by atoms with van der Waals surface area (Å²) in [5.41, 5.74) is 7.03. The smallest absolute Gasteiger partial charge is 0.254 e. The SMILES string of the molecule is Cc1c(C(=O)NCCCN(C)C)cnn1CCCN. The Morgan fingerprint density at radius 1 is 1.47 bits per heavy atom. The van der Waals surface area contributed by atoms with Gasteiger partial charge in [0.2, 0.25) is 0 Å². The largest absolute Gasteiger partial charge is 0.352 e. The van der Waals surface area contributed by atoms with Crippen molar-refractivity contribution in [2.75, 3.05) is 33.7 Å². The Hall–Kier alpha value is -1.40. The normalized spacial score (nSPS) is 11.0. The molecule has 0 aliphatic rings. The van der Waals surface area contributed by atoms with E-state index in [9.17, 15) is 4.79 Å². The van der Waals surface area contributed by atoms with Gasteiger partial charge in [-0.05, 0) is 47.0 Å². The van der Waals surface area contributed by atoms with Gasteiger partial charge in [-0.15, -0.1) is 0 Å². The predicted molar refractivity (Wildman–Crippen MR) is 76.1 cm³/mol. The molecule has 0 aliphatic heterocycles. The number of amides is 1. The Balaban J connectivity index is 2.46. The fourth-order valence-electron chi connectivity index (χ4n) is 1.83. The first-order valence-electron chi connectivity index (χ1n) is 6.71. The molecule has 6 nitrogen and oxygen atoms in total. The Labute approximate surface area is 114 Å². The maximum Gasteiger partial charge on any atom is 0.254 e. The van der Waals surface area contributed by atoms with E-state index in [-0.39, 0.29) is 5.91 Å². The van der Waals surface area contributed by atoms with Crippen LogP contribution in [0.3, 0.4) is 0 Å². The van der Waals surface area contributed by atoms with Gasteiger partial charge in [0, 0.05) is 18.8 Å². The van der Waals surface area contributed by atoms with Crippen LogP contribution in [-0.2, 0) is 6.54 Å². The van der Waals surface area contributed by atoms with Crippen molar-refractivity contribution in [1.29, 1.82) is 0 Å². The zero-order valence-electron chi connectivity index (χ0n) is 12.1. The van der Waals surface area contributed by atoms with Crippen LogP contribution in [0.15, 0.2) is 6.20 Å². The maximum atomic E-state index is 12.0. The van der Waals surface area contributed by atoms with Crippen molar-refractivity contribution in [3.63, 3.8) is 0 Å². The highest BCUT2D eigenvalue weighted by Crippen LogP contribution is 2.07. The summed E-state index contributed by atoms with van der Waals surface area (Å²) in [7, 11) is 4.04. The third-order valence-corrected chi connectivity index (χ3v) is 2.99. The molecule has 1 aromatic heterocycles. The Morgan fingerprint density at radius 2 is 2.21 bits per heavy atom. The molecule has 0 saturated heterocycles. The molecule has 108 valence electrons. The summed E-state index contributed by atoms with van der Waals surface area (Å²) in [6.45, 7) is 4.96. The Bertz CT molecular complexity index is 400. The summed E-state index contributed by atoms with van der Waals surface area (Å²) in [5, 5.41) is 7.14. The average Bonchev–Trinajstić information content (AvgIpc) is 2.73. The number of aryl methyl sites for hydroxylation is 1. The van der Waals surface area contributed by atoms with Gasteiger partial charge in [-0.2, -0.15) is 5.10 Å². The van der Waals surface area contributed by atoms with Gasteiger partial charge in [0.15, 0.2) is 0 Å². The Kier molecular flexibility index (Phi) is 6.52. The molecule has 1 heterocycles. The number of nitrogens with one attached hydrogen (secondary N) is 1. The van der Waals surface area contributed by atoms with Crippen LogP contribution in [0.4, 0.5) is 0 Å². The number of aromatic nitrogens is 2. The molecule has 0 atom stereocenters. The second-order valence-electron chi connectivity index (χ2n) is 4.92. The summed E-state index contributed by atoms with van der Waals surface area (Å²) in [6.07, 6.45) is 3.44. The lowest BCUT2D eigenvalue weighted by molar-refractivity contribution is 0.0951. The minimum Gasteiger partial charge on any atom is -0.352 e. The fraction of sp³-hybridized carbons (Fsp3) is 0.692. The van der Waals surface area contributed by atoms with E-state index >= 15 is 0 Å². The quantitative estimate of drug-likeness (QED) is 0.661. The minimum atomic E-state index is -0.0461. The van der Waals surface area contributed by atoms with E-state index in [2.05, 4.69) is 15.3 Å². The van der Waals surface area contributed by atoms with Crippen LogP contribution in [0.1, 0.15) is 28.9 Å². The molecule has 0 bridgehead atoms. The van der Waals surface area contributed by atoms with Gasteiger partial charge < -0.3 is 16.0 Å². The molecule has 1 aromatic rings. The fourth-order valence-corrected chi connectivity index (χ4v) is 1.83. The molecule has 0 saturated carbocycles.